The van der Waals surface area contributed by atoms with Crippen LogP contribution in [0.2, 0.25) is 0 Å². The lowest BCUT2D eigenvalue weighted by Gasteiger charge is -2.28. The van der Waals surface area contributed by atoms with Gasteiger partial charge in [-0.1, -0.05) is 17.7 Å². The number of halogens is 6. The molecule has 1 aliphatic rings. The third-order valence-electron chi connectivity index (χ3n) is 2.52. The summed E-state index contributed by atoms with van der Waals surface area (Å²) in [5.74, 6) is -11.5. The summed E-state index contributed by atoms with van der Waals surface area (Å²) in [4.78, 5) is 11.0. The van der Waals surface area contributed by atoms with Gasteiger partial charge in [0.1, 0.15) is 0 Å². The molecule has 0 aromatic carbocycles. The Hall–Kier alpha value is -0.650. The number of carbonyl (C=O) groups is 1. The Kier molecular flexibility index (Phi) is 4.17. The Labute approximate surface area is 99.6 Å². The van der Waals surface area contributed by atoms with Crippen molar-refractivity contribution in [3.8, 4) is 0 Å². The molecule has 7 heteroatoms. The van der Waals surface area contributed by atoms with Crippen LogP contribution in [0.25, 0.3) is 0 Å². The van der Waals surface area contributed by atoms with Crippen molar-refractivity contribution in [1.82, 2.24) is 0 Å². The van der Waals surface area contributed by atoms with Crippen molar-refractivity contribution in [3.63, 3.8) is 0 Å². The highest BCUT2D eigenvalue weighted by molar-refractivity contribution is 6.30. The van der Waals surface area contributed by atoms with Gasteiger partial charge in [-0.3, -0.25) is 4.79 Å². The molecule has 1 unspecified atom stereocenters. The summed E-state index contributed by atoms with van der Waals surface area (Å²) in [7, 11) is 0. The summed E-state index contributed by atoms with van der Waals surface area (Å²) in [6.07, 6.45) is -2.72. The van der Waals surface area contributed by atoms with Crippen molar-refractivity contribution in [2.24, 2.45) is 0 Å². The maximum atomic E-state index is 13.2. The largest absolute Gasteiger partial charge is 0.352 e. The molecule has 0 fully saturated rings. The normalized spacial score (nSPS) is 32.7. The van der Waals surface area contributed by atoms with Crippen molar-refractivity contribution in [3.05, 3.63) is 11.1 Å². The van der Waals surface area contributed by atoms with Crippen molar-refractivity contribution >= 4 is 17.4 Å². The fraction of sp³-hybridized carbons (Fsp3) is 0.700. The zero-order chi connectivity index (χ0) is 13.3. The third kappa shape index (κ3) is 2.61. The summed E-state index contributed by atoms with van der Waals surface area (Å²) in [5, 5.41) is -1.42. The molecule has 1 rings (SSSR count). The molecule has 1 atom stereocenters. The average molecular weight is 277 g/mol. The van der Waals surface area contributed by atoms with E-state index in [0.29, 0.717) is 6.42 Å². The Morgan fingerprint density at radius 3 is 2.41 bits per heavy atom. The first-order chi connectivity index (χ1) is 7.71. The smallest absolute Gasteiger partial charge is 0.296 e. The number of carbonyl (C=O) groups excluding carboxylic acids is 1. The second-order valence-corrected chi connectivity index (χ2v) is 4.23. The predicted octanol–water partition coefficient (Wildman–Crippen LogP) is 3.86. The van der Waals surface area contributed by atoms with E-state index in [9.17, 15) is 26.7 Å². The van der Waals surface area contributed by atoms with E-state index in [1.807, 2.05) is 0 Å². The summed E-state index contributed by atoms with van der Waals surface area (Å²) >= 11 is 5.06. The van der Waals surface area contributed by atoms with E-state index in [2.05, 4.69) is 0 Å². The van der Waals surface area contributed by atoms with E-state index in [0.717, 1.165) is 6.08 Å². The molecule has 0 amide bonds. The van der Waals surface area contributed by atoms with Crippen LogP contribution in [0.15, 0.2) is 11.1 Å². The molecule has 1 aliphatic carbocycles. The third-order valence-corrected chi connectivity index (χ3v) is 2.91. The van der Waals surface area contributed by atoms with Crippen molar-refractivity contribution in [1.29, 1.82) is 0 Å². The van der Waals surface area contributed by atoms with Crippen molar-refractivity contribution in [2.75, 3.05) is 0 Å². The van der Waals surface area contributed by atoms with E-state index < -0.39 is 35.3 Å². The Morgan fingerprint density at radius 1 is 1.24 bits per heavy atom. The second kappa shape index (κ2) is 4.92. The van der Waals surface area contributed by atoms with E-state index in [4.69, 9.17) is 11.6 Å². The van der Waals surface area contributed by atoms with Crippen LogP contribution in [0.5, 0.6) is 0 Å². The lowest BCUT2D eigenvalue weighted by atomic mass is 9.97. The van der Waals surface area contributed by atoms with Gasteiger partial charge in [-0.05, 0) is 19.3 Å². The van der Waals surface area contributed by atoms with Crippen LogP contribution in [-0.4, -0.2) is 23.8 Å². The molecular formula is C10H10ClF5O. The first-order valence-electron chi connectivity index (χ1n) is 5.00. The minimum atomic E-state index is -5.12. The molecule has 0 aromatic heterocycles. The van der Waals surface area contributed by atoms with E-state index in [1.165, 1.54) is 0 Å². The summed E-state index contributed by atoms with van der Waals surface area (Å²) < 4.78 is 65.9. The molecule has 0 aliphatic heterocycles. The molecule has 1 nitrogen and oxygen atoms in total. The fourth-order valence-electron chi connectivity index (χ4n) is 1.45. The molecular weight excluding hydrogens is 267 g/mol. The van der Waals surface area contributed by atoms with Gasteiger partial charge in [-0.25, -0.2) is 4.39 Å². The van der Waals surface area contributed by atoms with Gasteiger partial charge in [-0.15, -0.1) is 0 Å². The first kappa shape index (κ1) is 14.4. The van der Waals surface area contributed by atoms with Gasteiger partial charge in [0.05, 0.1) is 5.03 Å². The SMILES string of the molecule is O=C1CCCC/C=C(\Cl)C(F)(F)C(F)(F)C1F. The molecule has 98 valence electrons. The van der Waals surface area contributed by atoms with Gasteiger partial charge < -0.3 is 0 Å². The lowest BCUT2D eigenvalue weighted by Crippen LogP contribution is -2.51. The summed E-state index contributed by atoms with van der Waals surface area (Å²) in [6.45, 7) is 0. The standard InChI is InChI=1S/C10H10ClF5O/c11-7-5-3-1-2-4-6(17)8(12)10(15,16)9(7,13)14/h5,8H,1-4H2/b7-5-. The molecule has 0 aromatic rings. The average Bonchev–Trinajstić information content (AvgIpc) is 2.25. The number of hydrogen-bond acceptors (Lipinski definition) is 1. The number of ketones is 1. The van der Waals surface area contributed by atoms with Gasteiger partial charge in [0.15, 0.2) is 5.78 Å². The number of allylic oxidation sites excluding steroid dienone is 2. The number of Topliss-reactive ketones (excluding diaryl/α,β-unsaturated/α-hetero) is 1. The van der Waals surface area contributed by atoms with Crippen LogP contribution in [-0.2, 0) is 4.79 Å². The molecule has 0 spiro atoms. The number of hydrogen-bond donors (Lipinski definition) is 0. The fourth-order valence-corrected chi connectivity index (χ4v) is 1.68. The molecule has 0 radical (unpaired) electrons. The van der Waals surface area contributed by atoms with Crippen molar-refractivity contribution in [2.45, 2.75) is 43.7 Å². The molecule has 0 saturated carbocycles. The lowest BCUT2D eigenvalue weighted by molar-refractivity contribution is -0.215. The summed E-state index contributed by atoms with van der Waals surface area (Å²) in [6, 6.07) is 0. The monoisotopic (exact) mass is 276 g/mol. The molecule has 0 saturated heterocycles. The topological polar surface area (TPSA) is 17.1 Å². The van der Waals surface area contributed by atoms with Crippen LogP contribution >= 0.6 is 11.6 Å². The zero-order valence-corrected chi connectivity index (χ0v) is 9.42. The first-order valence-corrected chi connectivity index (χ1v) is 5.37. The van der Waals surface area contributed by atoms with Gasteiger partial charge in [0, 0.05) is 6.42 Å². The highest BCUT2D eigenvalue weighted by Gasteiger charge is 2.65. The maximum absolute atomic E-state index is 13.2. The summed E-state index contributed by atoms with van der Waals surface area (Å²) in [5.41, 5.74) is 0. The molecule has 0 bridgehead atoms. The Bertz CT molecular complexity index is 340. The van der Waals surface area contributed by atoms with Crippen LogP contribution < -0.4 is 0 Å². The van der Waals surface area contributed by atoms with Crippen LogP contribution in [0.4, 0.5) is 22.0 Å². The van der Waals surface area contributed by atoms with Crippen LogP contribution in [0, 0.1) is 0 Å². The van der Waals surface area contributed by atoms with Gasteiger partial charge in [-0.2, -0.15) is 17.6 Å². The van der Waals surface area contributed by atoms with Crippen molar-refractivity contribution < 1.29 is 26.7 Å². The minimum absolute atomic E-state index is 0.0503. The molecule has 17 heavy (non-hydrogen) atoms. The van der Waals surface area contributed by atoms with Gasteiger partial charge >= 0.3 is 11.8 Å². The van der Waals surface area contributed by atoms with Crippen LogP contribution in [0.1, 0.15) is 25.7 Å². The van der Waals surface area contributed by atoms with E-state index in [1.54, 1.807) is 0 Å². The second-order valence-electron chi connectivity index (χ2n) is 3.82. The number of alkyl halides is 5. The van der Waals surface area contributed by atoms with E-state index >= 15 is 0 Å². The molecule has 0 N–H and O–H groups in total. The Balaban J connectivity index is 3.17. The number of rotatable bonds is 0. The van der Waals surface area contributed by atoms with Gasteiger partial charge in [0.25, 0.3) is 0 Å². The highest BCUT2D eigenvalue weighted by Crippen LogP contribution is 2.45. The van der Waals surface area contributed by atoms with E-state index in [-0.39, 0.29) is 12.8 Å². The predicted molar refractivity (Wildman–Crippen MR) is 52.2 cm³/mol. The molecule has 0 heterocycles. The van der Waals surface area contributed by atoms with Crippen LogP contribution in [0.3, 0.4) is 0 Å². The zero-order valence-electron chi connectivity index (χ0n) is 8.66. The maximum Gasteiger partial charge on any atom is 0.352 e. The van der Waals surface area contributed by atoms with Gasteiger partial charge in [0.2, 0.25) is 6.17 Å². The minimum Gasteiger partial charge on any atom is -0.296 e. The Morgan fingerprint density at radius 2 is 1.82 bits per heavy atom. The highest BCUT2D eigenvalue weighted by atomic mass is 35.5. The quantitative estimate of drug-likeness (QED) is 0.614.